The zero-order valence-corrected chi connectivity index (χ0v) is 15.8. The van der Waals surface area contributed by atoms with Crippen molar-refractivity contribution in [3.63, 3.8) is 0 Å². The lowest BCUT2D eigenvalue weighted by molar-refractivity contribution is -0.117. The van der Waals surface area contributed by atoms with E-state index in [1.807, 2.05) is 31.2 Å². The molecule has 0 fully saturated rings. The number of benzene rings is 2. The van der Waals surface area contributed by atoms with Gasteiger partial charge in [0.15, 0.2) is 11.5 Å². The summed E-state index contributed by atoms with van der Waals surface area (Å²) in [5, 5.41) is 7.48. The maximum atomic E-state index is 12.3. The molecule has 1 unspecified atom stereocenters. The van der Waals surface area contributed by atoms with Gasteiger partial charge in [-0.05, 0) is 48.4 Å². The summed E-state index contributed by atoms with van der Waals surface area (Å²) in [6.45, 7) is 2.07. The third-order valence-corrected chi connectivity index (χ3v) is 4.59. The van der Waals surface area contributed by atoms with Gasteiger partial charge in [-0.3, -0.25) is 4.79 Å². The number of fused-ring (bicyclic) bond motifs is 1. The fourth-order valence-corrected chi connectivity index (χ4v) is 3.13. The molecule has 1 N–H and O–H groups in total. The zero-order valence-electron chi connectivity index (χ0n) is 15.0. The highest BCUT2D eigenvalue weighted by Gasteiger charge is 2.17. The van der Waals surface area contributed by atoms with Crippen LogP contribution in [0.1, 0.15) is 24.1 Å². The number of hydrogen-bond donors (Lipinski definition) is 1. The Morgan fingerprint density at radius 1 is 1.29 bits per heavy atom. The molecule has 7 nitrogen and oxygen atoms in total. The molecule has 1 aromatic heterocycles. The Kier molecular flexibility index (Phi) is 4.99. The van der Waals surface area contributed by atoms with Crippen molar-refractivity contribution in [3.05, 3.63) is 71.3 Å². The van der Waals surface area contributed by atoms with Crippen LogP contribution in [0.25, 0.3) is 11.8 Å². The predicted molar refractivity (Wildman–Crippen MR) is 105 cm³/mol. The van der Waals surface area contributed by atoms with E-state index in [2.05, 4.69) is 15.4 Å². The molecule has 0 radical (unpaired) electrons. The molecule has 28 heavy (non-hydrogen) atoms. The van der Waals surface area contributed by atoms with E-state index < -0.39 is 0 Å². The van der Waals surface area contributed by atoms with Crippen LogP contribution >= 0.6 is 11.6 Å². The van der Waals surface area contributed by atoms with Crippen LogP contribution in [0.2, 0.25) is 5.02 Å². The highest BCUT2D eigenvalue weighted by Crippen LogP contribution is 2.40. The summed E-state index contributed by atoms with van der Waals surface area (Å²) in [6, 6.07) is 11.1. The maximum Gasteiger partial charge on any atom is 0.244 e. The number of hydrogen-bond acceptors (Lipinski definition) is 5. The number of carbonyl (C=O) groups is 1. The quantitative estimate of drug-likeness (QED) is 0.667. The number of rotatable bonds is 5. The number of nitrogens with zero attached hydrogens (tertiary/aromatic N) is 3. The summed E-state index contributed by atoms with van der Waals surface area (Å²) >= 11 is 6.15. The molecule has 0 saturated carbocycles. The zero-order chi connectivity index (χ0) is 19.5. The first-order valence-corrected chi connectivity index (χ1v) is 9.00. The van der Waals surface area contributed by atoms with Crippen molar-refractivity contribution in [3.8, 4) is 17.2 Å². The summed E-state index contributed by atoms with van der Waals surface area (Å²) in [4.78, 5) is 16.2. The van der Waals surface area contributed by atoms with Gasteiger partial charge in [-0.1, -0.05) is 23.7 Å². The normalized spacial score (nSPS) is 13.6. The topological polar surface area (TPSA) is 78.3 Å². The van der Waals surface area contributed by atoms with Gasteiger partial charge in [-0.2, -0.15) is 5.10 Å². The number of halogens is 1. The van der Waals surface area contributed by atoms with E-state index in [0.717, 1.165) is 16.8 Å². The molecule has 1 aliphatic rings. The minimum atomic E-state index is -0.207. The standard InChI is InChI=1S/C20H17ClN4O3/c1-13(15-3-5-16(6-4-15)25-11-22-10-23-25)24-19(26)7-2-14-8-17(21)20-18(9-14)27-12-28-20/h2-11,13H,12H2,1H3,(H,24,26)/b7-2+. The van der Waals surface area contributed by atoms with Crippen molar-refractivity contribution < 1.29 is 14.3 Å². The van der Waals surface area contributed by atoms with Crippen molar-refractivity contribution >= 4 is 23.6 Å². The molecular formula is C20H17ClN4O3. The van der Waals surface area contributed by atoms with Crippen LogP contribution in [0, 0.1) is 0 Å². The second-order valence-electron chi connectivity index (χ2n) is 6.23. The van der Waals surface area contributed by atoms with Gasteiger partial charge in [0.05, 0.1) is 16.8 Å². The van der Waals surface area contributed by atoms with Crippen molar-refractivity contribution in [2.75, 3.05) is 6.79 Å². The first-order valence-electron chi connectivity index (χ1n) is 8.63. The molecule has 1 atom stereocenters. The average molecular weight is 397 g/mol. The molecule has 3 aromatic rings. The van der Waals surface area contributed by atoms with Gasteiger partial charge < -0.3 is 14.8 Å². The Bertz CT molecular complexity index is 1020. The van der Waals surface area contributed by atoms with Gasteiger partial charge in [0.2, 0.25) is 12.7 Å². The van der Waals surface area contributed by atoms with Crippen LogP contribution in [0.15, 0.2) is 55.1 Å². The Hall–Kier alpha value is -3.32. The highest BCUT2D eigenvalue weighted by molar-refractivity contribution is 6.32. The molecule has 8 heteroatoms. The maximum absolute atomic E-state index is 12.3. The minimum absolute atomic E-state index is 0.149. The lowest BCUT2D eigenvalue weighted by atomic mass is 10.1. The first-order chi connectivity index (χ1) is 13.6. The first kappa shape index (κ1) is 18.1. The Morgan fingerprint density at radius 2 is 2.11 bits per heavy atom. The van der Waals surface area contributed by atoms with Crippen molar-refractivity contribution in [2.24, 2.45) is 0 Å². The second-order valence-corrected chi connectivity index (χ2v) is 6.64. The molecule has 4 rings (SSSR count). The summed E-state index contributed by atoms with van der Waals surface area (Å²) in [5.74, 6) is 0.904. The largest absolute Gasteiger partial charge is 0.454 e. The van der Waals surface area contributed by atoms with Gasteiger partial charge in [-0.15, -0.1) is 0 Å². The van der Waals surface area contributed by atoms with Gasteiger partial charge in [-0.25, -0.2) is 9.67 Å². The Morgan fingerprint density at radius 3 is 2.86 bits per heavy atom. The molecule has 0 saturated heterocycles. The summed E-state index contributed by atoms with van der Waals surface area (Å²) in [5.41, 5.74) is 2.64. The van der Waals surface area contributed by atoms with Crippen molar-refractivity contribution in [1.29, 1.82) is 0 Å². The molecule has 0 spiro atoms. The van der Waals surface area contributed by atoms with Gasteiger partial charge >= 0.3 is 0 Å². The number of aromatic nitrogens is 3. The monoisotopic (exact) mass is 396 g/mol. The lowest BCUT2D eigenvalue weighted by Gasteiger charge is -2.13. The molecular weight excluding hydrogens is 380 g/mol. The lowest BCUT2D eigenvalue weighted by Crippen LogP contribution is -2.24. The van der Waals surface area contributed by atoms with Crippen molar-refractivity contribution in [2.45, 2.75) is 13.0 Å². The fourth-order valence-electron chi connectivity index (χ4n) is 2.86. The third-order valence-electron chi connectivity index (χ3n) is 4.31. The van der Waals surface area contributed by atoms with Gasteiger partial charge in [0, 0.05) is 6.08 Å². The van der Waals surface area contributed by atoms with Crippen LogP contribution in [-0.2, 0) is 4.79 Å². The summed E-state index contributed by atoms with van der Waals surface area (Å²) < 4.78 is 12.3. The average Bonchev–Trinajstić information content (AvgIpc) is 3.38. The van der Waals surface area contributed by atoms with Crippen molar-refractivity contribution in [1.82, 2.24) is 20.1 Å². The van der Waals surface area contributed by atoms with E-state index >= 15 is 0 Å². The van der Waals surface area contributed by atoms with Gasteiger partial charge in [0.25, 0.3) is 0 Å². The van der Waals surface area contributed by atoms with E-state index in [0.29, 0.717) is 16.5 Å². The van der Waals surface area contributed by atoms with E-state index in [4.69, 9.17) is 21.1 Å². The SMILES string of the molecule is CC(NC(=O)/C=C/c1cc(Cl)c2c(c1)OCO2)c1ccc(-n2cncn2)cc1. The molecule has 0 bridgehead atoms. The van der Waals surface area contributed by atoms with Crippen LogP contribution in [0.4, 0.5) is 0 Å². The fraction of sp³-hybridized carbons (Fsp3) is 0.150. The molecule has 0 aliphatic carbocycles. The minimum Gasteiger partial charge on any atom is -0.454 e. The molecule has 142 valence electrons. The number of nitrogens with one attached hydrogen (secondary N) is 1. The summed E-state index contributed by atoms with van der Waals surface area (Å²) in [7, 11) is 0. The molecule has 1 aliphatic heterocycles. The Balaban J connectivity index is 1.39. The predicted octanol–water partition coefficient (Wildman–Crippen LogP) is 3.54. The van der Waals surface area contributed by atoms with Crippen LogP contribution in [-0.4, -0.2) is 27.5 Å². The van der Waals surface area contributed by atoms with E-state index in [9.17, 15) is 4.79 Å². The number of ether oxygens (including phenoxy) is 2. The number of carbonyl (C=O) groups excluding carboxylic acids is 1. The highest BCUT2D eigenvalue weighted by atomic mass is 35.5. The number of amides is 1. The van der Waals surface area contributed by atoms with E-state index in [-0.39, 0.29) is 18.7 Å². The molecule has 2 aromatic carbocycles. The molecule has 2 heterocycles. The third kappa shape index (κ3) is 3.84. The van der Waals surface area contributed by atoms with Crippen LogP contribution < -0.4 is 14.8 Å². The smallest absolute Gasteiger partial charge is 0.244 e. The van der Waals surface area contributed by atoms with Gasteiger partial charge in [0.1, 0.15) is 12.7 Å². The Labute approximate surface area is 166 Å². The van der Waals surface area contributed by atoms with E-state index in [1.54, 1.807) is 29.2 Å². The van der Waals surface area contributed by atoms with E-state index in [1.165, 1.54) is 12.4 Å². The van der Waals surface area contributed by atoms with Crippen LogP contribution in [0.5, 0.6) is 11.5 Å². The summed E-state index contributed by atoms with van der Waals surface area (Å²) in [6.07, 6.45) is 6.27. The van der Waals surface area contributed by atoms with Crippen LogP contribution in [0.3, 0.4) is 0 Å². The second kappa shape index (κ2) is 7.74. The molecule has 1 amide bonds.